The van der Waals surface area contributed by atoms with Crippen molar-refractivity contribution in [3.8, 4) is 0 Å². The molecule has 2 aliphatic rings. The van der Waals surface area contributed by atoms with Crippen LogP contribution in [0.2, 0.25) is 0 Å². The molecule has 2 aliphatic heterocycles. The van der Waals surface area contributed by atoms with Gasteiger partial charge < -0.3 is 15.0 Å². The molecule has 2 saturated heterocycles. The first kappa shape index (κ1) is 14.2. The van der Waals surface area contributed by atoms with Gasteiger partial charge in [-0.3, -0.25) is 4.79 Å². The van der Waals surface area contributed by atoms with Crippen molar-refractivity contribution in [2.75, 3.05) is 45.6 Å². The molecular weight excluding hydrogens is 248 g/mol. The minimum absolute atomic E-state index is 0.299. The average molecular weight is 272 g/mol. The lowest BCUT2D eigenvalue weighted by molar-refractivity contribution is -0.144. The molecule has 0 aromatic heterocycles. The van der Waals surface area contributed by atoms with E-state index in [-0.39, 0.29) is 5.41 Å². The highest BCUT2D eigenvalue weighted by Gasteiger charge is 2.44. The first-order valence-electron chi connectivity index (χ1n) is 6.82. The largest absolute Gasteiger partial charge is 0.384 e. The number of nitrogens with one attached hydrogen (secondary N) is 1. The van der Waals surface area contributed by atoms with Gasteiger partial charge in [0, 0.05) is 37.7 Å². The van der Waals surface area contributed by atoms with Crippen molar-refractivity contribution in [3.05, 3.63) is 0 Å². The summed E-state index contributed by atoms with van der Waals surface area (Å²) < 4.78 is 5.30. The zero-order valence-corrected chi connectivity index (χ0v) is 12.2. The molecule has 2 atom stereocenters. The molecule has 4 nitrogen and oxygen atoms in total. The standard InChI is InChI=1S/C13H24N2O2S/c1-3-11-8-15(6-7-18-11)12(16)13(10-17-2)4-5-14-9-13/h11,14H,3-10H2,1-2H3. The van der Waals surface area contributed by atoms with Crippen LogP contribution in [-0.4, -0.2) is 61.7 Å². The molecule has 0 aromatic rings. The molecule has 5 heteroatoms. The number of thioether (sulfide) groups is 1. The first-order valence-corrected chi connectivity index (χ1v) is 7.87. The van der Waals surface area contributed by atoms with Gasteiger partial charge in [0.2, 0.25) is 5.91 Å². The Bertz CT molecular complexity index is 293. The Morgan fingerprint density at radius 3 is 3.06 bits per heavy atom. The van der Waals surface area contributed by atoms with Gasteiger partial charge in [-0.05, 0) is 19.4 Å². The second kappa shape index (κ2) is 6.26. The second-order valence-electron chi connectivity index (χ2n) is 5.29. The monoisotopic (exact) mass is 272 g/mol. The third kappa shape index (κ3) is 2.83. The van der Waals surface area contributed by atoms with Gasteiger partial charge in [-0.2, -0.15) is 11.8 Å². The zero-order valence-electron chi connectivity index (χ0n) is 11.4. The van der Waals surface area contributed by atoms with Crippen LogP contribution in [0.5, 0.6) is 0 Å². The van der Waals surface area contributed by atoms with Crippen molar-refractivity contribution >= 4 is 17.7 Å². The predicted octanol–water partition coefficient (Wildman–Crippen LogP) is 0.967. The van der Waals surface area contributed by atoms with Gasteiger partial charge in [0.25, 0.3) is 0 Å². The van der Waals surface area contributed by atoms with Crippen molar-refractivity contribution in [2.24, 2.45) is 5.41 Å². The van der Waals surface area contributed by atoms with Crippen LogP contribution in [0.3, 0.4) is 0 Å². The fraction of sp³-hybridized carbons (Fsp3) is 0.923. The van der Waals surface area contributed by atoms with E-state index in [4.69, 9.17) is 4.74 Å². The summed E-state index contributed by atoms with van der Waals surface area (Å²) >= 11 is 2.00. The molecule has 2 unspecified atom stereocenters. The number of methoxy groups -OCH3 is 1. The lowest BCUT2D eigenvalue weighted by atomic mass is 9.86. The van der Waals surface area contributed by atoms with Crippen molar-refractivity contribution in [2.45, 2.75) is 25.0 Å². The molecule has 1 amide bonds. The van der Waals surface area contributed by atoms with Gasteiger partial charge in [-0.15, -0.1) is 0 Å². The van der Waals surface area contributed by atoms with E-state index in [1.165, 1.54) is 0 Å². The molecule has 0 spiro atoms. The van der Waals surface area contributed by atoms with Gasteiger partial charge >= 0.3 is 0 Å². The maximum atomic E-state index is 12.8. The first-order chi connectivity index (χ1) is 8.72. The minimum Gasteiger partial charge on any atom is -0.384 e. The van der Waals surface area contributed by atoms with Crippen molar-refractivity contribution < 1.29 is 9.53 Å². The lowest BCUT2D eigenvalue weighted by Crippen LogP contribution is -2.51. The molecule has 0 aromatic carbocycles. The summed E-state index contributed by atoms with van der Waals surface area (Å²) in [6.45, 7) is 6.24. The summed E-state index contributed by atoms with van der Waals surface area (Å²) in [4.78, 5) is 14.8. The van der Waals surface area contributed by atoms with Crippen molar-refractivity contribution in [1.29, 1.82) is 0 Å². The SMILES string of the molecule is CCC1CN(C(=O)C2(COC)CCNC2)CCS1. The summed E-state index contributed by atoms with van der Waals surface area (Å²) in [7, 11) is 1.69. The van der Waals surface area contributed by atoms with E-state index in [9.17, 15) is 4.79 Å². The number of amides is 1. The van der Waals surface area contributed by atoms with Gasteiger partial charge in [0.05, 0.1) is 12.0 Å². The molecule has 104 valence electrons. The Kier molecular flexibility index (Phi) is 4.92. The van der Waals surface area contributed by atoms with E-state index in [0.29, 0.717) is 17.8 Å². The molecule has 0 saturated carbocycles. The summed E-state index contributed by atoms with van der Waals surface area (Å²) in [5.74, 6) is 1.37. The van der Waals surface area contributed by atoms with E-state index in [0.717, 1.165) is 44.8 Å². The van der Waals surface area contributed by atoms with Crippen LogP contribution in [0.25, 0.3) is 0 Å². The third-order valence-corrected chi connectivity index (χ3v) is 5.37. The topological polar surface area (TPSA) is 41.6 Å². The second-order valence-corrected chi connectivity index (χ2v) is 6.70. The fourth-order valence-corrected chi connectivity index (χ4v) is 4.05. The Hall–Kier alpha value is -0.260. The van der Waals surface area contributed by atoms with Crippen LogP contribution in [0, 0.1) is 5.41 Å². The number of rotatable bonds is 4. The number of hydrogen-bond acceptors (Lipinski definition) is 4. The van der Waals surface area contributed by atoms with Gasteiger partial charge in [-0.25, -0.2) is 0 Å². The highest BCUT2D eigenvalue weighted by Crippen LogP contribution is 2.31. The molecule has 18 heavy (non-hydrogen) atoms. The molecule has 2 fully saturated rings. The Labute approximate surface area is 114 Å². The van der Waals surface area contributed by atoms with Crippen LogP contribution in [-0.2, 0) is 9.53 Å². The summed E-state index contributed by atoms with van der Waals surface area (Å²) in [6.07, 6.45) is 2.05. The zero-order chi connectivity index (χ0) is 13.0. The van der Waals surface area contributed by atoms with Crippen LogP contribution >= 0.6 is 11.8 Å². The summed E-state index contributed by atoms with van der Waals surface area (Å²) in [5.41, 5.74) is -0.310. The Morgan fingerprint density at radius 2 is 2.44 bits per heavy atom. The molecule has 0 bridgehead atoms. The van der Waals surface area contributed by atoms with Gasteiger partial charge in [0.1, 0.15) is 0 Å². The van der Waals surface area contributed by atoms with E-state index >= 15 is 0 Å². The molecule has 0 aliphatic carbocycles. The molecule has 2 heterocycles. The van der Waals surface area contributed by atoms with E-state index in [2.05, 4.69) is 17.1 Å². The highest BCUT2D eigenvalue weighted by atomic mass is 32.2. The van der Waals surface area contributed by atoms with Crippen LogP contribution < -0.4 is 5.32 Å². The highest BCUT2D eigenvalue weighted by molar-refractivity contribution is 8.00. The van der Waals surface area contributed by atoms with Crippen LogP contribution in [0.1, 0.15) is 19.8 Å². The number of hydrogen-bond donors (Lipinski definition) is 1. The quantitative estimate of drug-likeness (QED) is 0.828. The maximum absolute atomic E-state index is 12.8. The third-order valence-electron chi connectivity index (χ3n) is 4.00. The van der Waals surface area contributed by atoms with E-state index in [1.807, 2.05) is 11.8 Å². The minimum atomic E-state index is -0.310. The molecule has 1 N–H and O–H groups in total. The number of nitrogens with zero attached hydrogens (tertiary/aromatic N) is 1. The normalized spacial score (nSPS) is 32.8. The smallest absolute Gasteiger partial charge is 0.232 e. The van der Waals surface area contributed by atoms with Crippen molar-refractivity contribution in [1.82, 2.24) is 10.2 Å². The maximum Gasteiger partial charge on any atom is 0.232 e. The summed E-state index contributed by atoms with van der Waals surface area (Å²) in [5, 5.41) is 3.92. The lowest BCUT2D eigenvalue weighted by Gasteiger charge is -2.38. The molecule has 0 radical (unpaired) electrons. The Morgan fingerprint density at radius 1 is 1.61 bits per heavy atom. The predicted molar refractivity (Wildman–Crippen MR) is 74.9 cm³/mol. The molecular formula is C13H24N2O2S. The van der Waals surface area contributed by atoms with Crippen LogP contribution in [0.15, 0.2) is 0 Å². The number of carbonyl (C=O) groups is 1. The number of ether oxygens (including phenoxy) is 1. The number of carbonyl (C=O) groups excluding carboxylic acids is 1. The van der Waals surface area contributed by atoms with E-state index < -0.39 is 0 Å². The molecule has 2 rings (SSSR count). The van der Waals surface area contributed by atoms with Crippen molar-refractivity contribution in [3.63, 3.8) is 0 Å². The van der Waals surface area contributed by atoms with Gasteiger partial charge in [0.15, 0.2) is 0 Å². The van der Waals surface area contributed by atoms with Gasteiger partial charge in [-0.1, -0.05) is 6.92 Å². The average Bonchev–Trinajstić information content (AvgIpc) is 2.88. The Balaban J connectivity index is 2.04. The summed E-state index contributed by atoms with van der Waals surface area (Å²) in [6, 6.07) is 0. The van der Waals surface area contributed by atoms with E-state index in [1.54, 1.807) is 7.11 Å². The fourth-order valence-electron chi connectivity index (χ4n) is 2.87. The van der Waals surface area contributed by atoms with Crippen LogP contribution in [0.4, 0.5) is 0 Å².